The normalized spacial score (nSPS) is 22.3. The Morgan fingerprint density at radius 3 is 2.81 bits per heavy atom. The molecule has 2 amide bonds. The van der Waals surface area contributed by atoms with E-state index in [9.17, 15) is 14.0 Å². The van der Waals surface area contributed by atoms with Crippen molar-refractivity contribution in [2.24, 2.45) is 0 Å². The Morgan fingerprint density at radius 2 is 2.10 bits per heavy atom. The SMILES string of the molecule is COc1ccc(N2CCC(=O)N3CCCC3C2=O)cc1F. The molecule has 1 atom stereocenters. The van der Waals surface area contributed by atoms with Crippen LogP contribution in [0.3, 0.4) is 0 Å². The van der Waals surface area contributed by atoms with Crippen molar-refractivity contribution >= 4 is 17.5 Å². The first-order chi connectivity index (χ1) is 10.1. The lowest BCUT2D eigenvalue weighted by atomic mass is 10.1. The number of nitrogens with zero attached hydrogens (tertiary/aromatic N) is 2. The second-order valence-electron chi connectivity index (χ2n) is 5.30. The predicted octanol–water partition coefficient (Wildman–Crippen LogP) is 1.56. The second kappa shape index (κ2) is 5.35. The number of amides is 2. The van der Waals surface area contributed by atoms with Gasteiger partial charge >= 0.3 is 0 Å². The van der Waals surface area contributed by atoms with Crippen LogP contribution in [0.15, 0.2) is 18.2 Å². The van der Waals surface area contributed by atoms with Gasteiger partial charge in [0.25, 0.3) is 0 Å². The zero-order valence-electron chi connectivity index (χ0n) is 11.8. The van der Waals surface area contributed by atoms with E-state index in [1.165, 1.54) is 24.1 Å². The predicted molar refractivity (Wildman–Crippen MR) is 74.7 cm³/mol. The van der Waals surface area contributed by atoms with Crippen LogP contribution in [0.2, 0.25) is 0 Å². The van der Waals surface area contributed by atoms with Gasteiger partial charge in [0.2, 0.25) is 11.8 Å². The molecule has 21 heavy (non-hydrogen) atoms. The fourth-order valence-corrected chi connectivity index (χ4v) is 3.04. The summed E-state index contributed by atoms with van der Waals surface area (Å²) < 4.78 is 18.7. The monoisotopic (exact) mass is 292 g/mol. The molecule has 1 aromatic rings. The fourth-order valence-electron chi connectivity index (χ4n) is 3.04. The van der Waals surface area contributed by atoms with E-state index in [2.05, 4.69) is 0 Å². The van der Waals surface area contributed by atoms with Crippen LogP contribution in [-0.2, 0) is 9.59 Å². The number of carbonyl (C=O) groups is 2. The first-order valence-corrected chi connectivity index (χ1v) is 7.06. The third-order valence-corrected chi connectivity index (χ3v) is 4.12. The first-order valence-electron chi connectivity index (χ1n) is 7.06. The molecule has 0 bridgehead atoms. The molecule has 2 fully saturated rings. The highest BCUT2D eigenvalue weighted by molar-refractivity contribution is 6.01. The van der Waals surface area contributed by atoms with E-state index in [-0.39, 0.29) is 30.5 Å². The number of ether oxygens (including phenoxy) is 1. The van der Waals surface area contributed by atoms with Crippen molar-refractivity contribution in [1.29, 1.82) is 0 Å². The summed E-state index contributed by atoms with van der Waals surface area (Å²) >= 11 is 0. The highest BCUT2D eigenvalue weighted by Crippen LogP contribution is 2.29. The van der Waals surface area contributed by atoms with E-state index in [1.54, 1.807) is 11.0 Å². The smallest absolute Gasteiger partial charge is 0.249 e. The number of anilines is 1. The Labute approximate surface area is 122 Å². The molecule has 0 aromatic heterocycles. The summed E-state index contributed by atoms with van der Waals surface area (Å²) in [5, 5.41) is 0. The van der Waals surface area contributed by atoms with Gasteiger partial charge in [0.15, 0.2) is 11.6 Å². The van der Waals surface area contributed by atoms with Gasteiger partial charge in [0.05, 0.1) is 7.11 Å². The minimum atomic E-state index is -0.512. The van der Waals surface area contributed by atoms with Crippen molar-refractivity contribution in [2.75, 3.05) is 25.1 Å². The number of rotatable bonds is 2. The van der Waals surface area contributed by atoms with Gasteiger partial charge in [-0.2, -0.15) is 0 Å². The number of carbonyl (C=O) groups excluding carboxylic acids is 2. The molecule has 1 unspecified atom stereocenters. The maximum Gasteiger partial charge on any atom is 0.249 e. The third kappa shape index (κ3) is 2.34. The van der Waals surface area contributed by atoms with Crippen molar-refractivity contribution in [3.05, 3.63) is 24.0 Å². The van der Waals surface area contributed by atoms with Crippen LogP contribution in [0.25, 0.3) is 0 Å². The maximum absolute atomic E-state index is 13.8. The Kier molecular flexibility index (Phi) is 3.53. The van der Waals surface area contributed by atoms with E-state index >= 15 is 0 Å². The summed E-state index contributed by atoms with van der Waals surface area (Å²) in [6, 6.07) is 4.03. The van der Waals surface area contributed by atoms with E-state index in [0.717, 1.165) is 6.42 Å². The highest BCUT2D eigenvalue weighted by atomic mass is 19.1. The van der Waals surface area contributed by atoms with Crippen LogP contribution >= 0.6 is 0 Å². The van der Waals surface area contributed by atoms with E-state index < -0.39 is 11.9 Å². The lowest BCUT2D eigenvalue weighted by Crippen LogP contribution is -2.43. The van der Waals surface area contributed by atoms with Crippen molar-refractivity contribution < 1.29 is 18.7 Å². The molecule has 0 radical (unpaired) electrons. The van der Waals surface area contributed by atoms with Gasteiger partial charge in [-0.25, -0.2) is 4.39 Å². The first kappa shape index (κ1) is 13.9. The van der Waals surface area contributed by atoms with E-state index in [0.29, 0.717) is 18.7 Å². The molecule has 0 N–H and O–H groups in total. The fraction of sp³-hybridized carbons (Fsp3) is 0.467. The largest absolute Gasteiger partial charge is 0.494 e. The molecular formula is C15H17FN2O3. The van der Waals surface area contributed by atoms with Gasteiger partial charge in [0.1, 0.15) is 6.04 Å². The van der Waals surface area contributed by atoms with Gasteiger partial charge in [-0.3, -0.25) is 9.59 Å². The molecule has 2 aliphatic rings. The number of hydrogen-bond donors (Lipinski definition) is 0. The topological polar surface area (TPSA) is 49.9 Å². The van der Waals surface area contributed by atoms with Crippen LogP contribution in [0.1, 0.15) is 19.3 Å². The number of fused-ring (bicyclic) bond motifs is 1. The number of methoxy groups -OCH3 is 1. The van der Waals surface area contributed by atoms with Crippen LogP contribution in [0, 0.1) is 5.82 Å². The summed E-state index contributed by atoms with van der Waals surface area (Å²) in [6.45, 7) is 0.927. The van der Waals surface area contributed by atoms with Crippen molar-refractivity contribution in [3.63, 3.8) is 0 Å². The van der Waals surface area contributed by atoms with E-state index in [1.807, 2.05) is 0 Å². The van der Waals surface area contributed by atoms with E-state index in [4.69, 9.17) is 4.74 Å². The van der Waals surface area contributed by atoms with Gasteiger partial charge in [-0.1, -0.05) is 0 Å². The molecule has 2 heterocycles. The molecule has 0 aliphatic carbocycles. The second-order valence-corrected chi connectivity index (χ2v) is 5.30. The molecule has 0 spiro atoms. The average molecular weight is 292 g/mol. The Balaban J connectivity index is 1.92. The van der Waals surface area contributed by atoms with Crippen molar-refractivity contribution in [3.8, 4) is 5.75 Å². The standard InChI is InChI=1S/C15H17FN2O3/c1-21-13-5-4-10(9-11(13)16)17-8-6-14(19)18-7-2-3-12(18)15(17)20/h4-5,9,12H,2-3,6-8H2,1H3. The Morgan fingerprint density at radius 1 is 1.29 bits per heavy atom. The lowest BCUT2D eigenvalue weighted by molar-refractivity contribution is -0.135. The van der Waals surface area contributed by atoms with Gasteiger partial charge in [-0.05, 0) is 25.0 Å². The highest BCUT2D eigenvalue weighted by Gasteiger charge is 2.39. The molecule has 2 saturated heterocycles. The molecular weight excluding hydrogens is 275 g/mol. The number of halogens is 1. The molecule has 5 nitrogen and oxygen atoms in total. The van der Waals surface area contributed by atoms with Gasteiger partial charge in [-0.15, -0.1) is 0 Å². The molecule has 0 saturated carbocycles. The van der Waals surface area contributed by atoms with Crippen molar-refractivity contribution in [2.45, 2.75) is 25.3 Å². The van der Waals surface area contributed by atoms with Gasteiger partial charge < -0.3 is 14.5 Å². The minimum Gasteiger partial charge on any atom is -0.494 e. The molecule has 112 valence electrons. The summed E-state index contributed by atoms with van der Waals surface area (Å²) in [4.78, 5) is 27.8. The molecule has 2 aliphatic heterocycles. The number of hydrogen-bond acceptors (Lipinski definition) is 3. The zero-order valence-corrected chi connectivity index (χ0v) is 11.8. The third-order valence-electron chi connectivity index (χ3n) is 4.12. The van der Waals surface area contributed by atoms with Crippen LogP contribution in [0.5, 0.6) is 5.75 Å². The lowest BCUT2D eigenvalue weighted by Gasteiger charge is -2.25. The van der Waals surface area contributed by atoms with Gasteiger partial charge in [0, 0.05) is 31.3 Å². The summed E-state index contributed by atoms with van der Waals surface area (Å²) in [7, 11) is 1.39. The van der Waals surface area contributed by atoms with Crippen LogP contribution in [0.4, 0.5) is 10.1 Å². The van der Waals surface area contributed by atoms with Crippen LogP contribution in [-0.4, -0.2) is 43.0 Å². The maximum atomic E-state index is 13.8. The zero-order chi connectivity index (χ0) is 15.0. The minimum absolute atomic E-state index is 0.00216. The molecule has 6 heteroatoms. The summed E-state index contributed by atoms with van der Waals surface area (Å²) in [6.07, 6.45) is 1.79. The molecule has 3 rings (SSSR count). The average Bonchev–Trinajstić information content (AvgIpc) is 2.92. The summed E-state index contributed by atoms with van der Waals surface area (Å²) in [5.74, 6) is -0.494. The quantitative estimate of drug-likeness (QED) is 0.831. The molecule has 1 aromatic carbocycles. The number of benzene rings is 1. The Hall–Kier alpha value is -2.11. The van der Waals surface area contributed by atoms with Crippen LogP contribution < -0.4 is 9.64 Å². The Bertz CT molecular complexity index is 590. The van der Waals surface area contributed by atoms with Crippen molar-refractivity contribution in [1.82, 2.24) is 4.90 Å². The summed E-state index contributed by atoms with van der Waals surface area (Å²) in [5.41, 5.74) is 0.472.